The number of rotatable bonds is 4. The second-order valence-electron chi connectivity index (χ2n) is 3.91. The number of hydrogen-bond donors (Lipinski definition) is 2. The van der Waals surface area contributed by atoms with E-state index >= 15 is 0 Å². The number of hydrazine groups is 1. The van der Waals surface area contributed by atoms with Gasteiger partial charge in [-0.2, -0.15) is 0 Å². The second-order valence-corrected chi connectivity index (χ2v) is 3.91. The minimum atomic E-state index is -0.232. The molecule has 0 aliphatic heterocycles. The van der Waals surface area contributed by atoms with Crippen LogP contribution in [0.2, 0.25) is 0 Å². The van der Waals surface area contributed by atoms with E-state index in [1.807, 2.05) is 19.9 Å². The van der Waals surface area contributed by atoms with E-state index in [1.165, 1.54) is 6.07 Å². The summed E-state index contributed by atoms with van der Waals surface area (Å²) in [6, 6.07) is 4.81. The quantitative estimate of drug-likeness (QED) is 0.453. The Morgan fingerprint density at radius 2 is 2.27 bits per heavy atom. The van der Waals surface area contributed by atoms with Gasteiger partial charge in [0.05, 0.1) is 6.04 Å². The summed E-state index contributed by atoms with van der Waals surface area (Å²) in [5.41, 5.74) is 5.21. The lowest BCUT2D eigenvalue weighted by atomic mass is 9.99. The maximum atomic E-state index is 13.5. The van der Waals surface area contributed by atoms with Crippen LogP contribution in [0.4, 0.5) is 4.39 Å². The summed E-state index contributed by atoms with van der Waals surface area (Å²) in [5.74, 6) is 5.18. The van der Waals surface area contributed by atoms with E-state index in [2.05, 4.69) is 12.0 Å². The van der Waals surface area contributed by atoms with Crippen molar-refractivity contribution in [3.63, 3.8) is 0 Å². The summed E-state index contributed by atoms with van der Waals surface area (Å²) >= 11 is 0. The van der Waals surface area contributed by atoms with Gasteiger partial charge in [-0.15, -0.1) is 6.58 Å². The van der Waals surface area contributed by atoms with Gasteiger partial charge in [-0.25, -0.2) is 4.39 Å². The molecule has 0 saturated heterocycles. The van der Waals surface area contributed by atoms with E-state index in [0.717, 1.165) is 11.1 Å². The molecule has 0 radical (unpaired) electrons. The molecule has 1 rings (SSSR count). The fraction of sp³-hybridized carbons (Fsp3) is 0.333. The van der Waals surface area contributed by atoms with E-state index in [1.54, 1.807) is 6.07 Å². The third kappa shape index (κ3) is 3.15. The molecule has 15 heavy (non-hydrogen) atoms. The van der Waals surface area contributed by atoms with Gasteiger partial charge >= 0.3 is 0 Å². The van der Waals surface area contributed by atoms with Crippen LogP contribution in [0, 0.1) is 12.7 Å². The fourth-order valence-corrected chi connectivity index (χ4v) is 1.54. The van der Waals surface area contributed by atoms with Crippen molar-refractivity contribution in [1.29, 1.82) is 0 Å². The zero-order valence-corrected chi connectivity index (χ0v) is 9.18. The van der Waals surface area contributed by atoms with Gasteiger partial charge in [-0.3, -0.25) is 11.3 Å². The van der Waals surface area contributed by atoms with Gasteiger partial charge in [-0.1, -0.05) is 23.3 Å². The summed E-state index contributed by atoms with van der Waals surface area (Å²) < 4.78 is 13.5. The summed E-state index contributed by atoms with van der Waals surface area (Å²) in [6.07, 6.45) is 0.636. The molecule has 3 N–H and O–H groups in total. The second kappa shape index (κ2) is 5.05. The lowest BCUT2D eigenvalue weighted by molar-refractivity contribution is 0.509. The van der Waals surface area contributed by atoms with Crippen LogP contribution in [-0.4, -0.2) is 0 Å². The van der Waals surface area contributed by atoms with Crippen LogP contribution in [0.1, 0.15) is 30.5 Å². The topological polar surface area (TPSA) is 38.0 Å². The number of benzene rings is 1. The van der Waals surface area contributed by atoms with Crippen molar-refractivity contribution in [1.82, 2.24) is 5.43 Å². The van der Waals surface area contributed by atoms with Crippen LogP contribution in [0.25, 0.3) is 0 Å². The van der Waals surface area contributed by atoms with Gasteiger partial charge in [0.1, 0.15) is 5.82 Å². The number of nitrogens with one attached hydrogen (secondary N) is 1. The Labute approximate surface area is 90.0 Å². The molecule has 3 heteroatoms. The highest BCUT2D eigenvalue weighted by Gasteiger charge is 2.14. The Hall–Kier alpha value is -1.19. The van der Waals surface area contributed by atoms with E-state index in [9.17, 15) is 4.39 Å². The molecule has 0 aromatic heterocycles. The summed E-state index contributed by atoms with van der Waals surface area (Å²) in [5, 5.41) is 0. The van der Waals surface area contributed by atoms with Crippen molar-refractivity contribution < 1.29 is 4.39 Å². The van der Waals surface area contributed by atoms with Gasteiger partial charge in [0.25, 0.3) is 0 Å². The first-order chi connectivity index (χ1) is 7.04. The first kappa shape index (κ1) is 11.9. The van der Waals surface area contributed by atoms with E-state index in [4.69, 9.17) is 5.84 Å². The zero-order valence-electron chi connectivity index (χ0n) is 9.18. The van der Waals surface area contributed by atoms with Crippen LogP contribution >= 0.6 is 0 Å². The Morgan fingerprint density at radius 3 is 2.80 bits per heavy atom. The van der Waals surface area contributed by atoms with E-state index in [0.29, 0.717) is 12.0 Å². The summed E-state index contributed by atoms with van der Waals surface area (Å²) in [6.45, 7) is 7.63. The molecule has 1 aromatic rings. The average Bonchev–Trinajstić information content (AvgIpc) is 2.18. The van der Waals surface area contributed by atoms with Crippen molar-refractivity contribution in [2.45, 2.75) is 26.3 Å². The lowest BCUT2D eigenvalue weighted by Crippen LogP contribution is -2.28. The Bertz CT molecular complexity index is 361. The molecule has 0 aliphatic rings. The predicted octanol–water partition coefficient (Wildman–Crippen LogP) is 2.60. The lowest BCUT2D eigenvalue weighted by Gasteiger charge is -2.17. The van der Waals surface area contributed by atoms with Crippen molar-refractivity contribution in [3.05, 3.63) is 47.3 Å². The molecule has 1 unspecified atom stereocenters. The minimum absolute atomic E-state index is 0.206. The average molecular weight is 208 g/mol. The third-order valence-electron chi connectivity index (χ3n) is 2.28. The van der Waals surface area contributed by atoms with Crippen molar-refractivity contribution in [2.24, 2.45) is 5.84 Å². The molecule has 0 fully saturated rings. The van der Waals surface area contributed by atoms with Gasteiger partial charge in [0, 0.05) is 5.56 Å². The molecule has 0 bridgehead atoms. The molecular weight excluding hydrogens is 191 g/mol. The normalized spacial score (nSPS) is 12.5. The van der Waals surface area contributed by atoms with Gasteiger partial charge in [0.15, 0.2) is 0 Å². The maximum Gasteiger partial charge on any atom is 0.128 e. The summed E-state index contributed by atoms with van der Waals surface area (Å²) in [7, 11) is 0. The van der Waals surface area contributed by atoms with Crippen molar-refractivity contribution in [3.8, 4) is 0 Å². The standard InChI is InChI=1S/C12H17FN2/c1-8(2)6-12(15-14)10-7-9(3)4-5-11(10)13/h4-5,7,12,15H,1,6,14H2,2-3H3. The summed E-state index contributed by atoms with van der Waals surface area (Å²) in [4.78, 5) is 0. The number of hydrogen-bond acceptors (Lipinski definition) is 2. The van der Waals surface area contributed by atoms with E-state index in [-0.39, 0.29) is 11.9 Å². The van der Waals surface area contributed by atoms with Crippen LogP contribution in [0.5, 0.6) is 0 Å². The Morgan fingerprint density at radius 1 is 1.60 bits per heavy atom. The van der Waals surface area contributed by atoms with Crippen LogP contribution in [-0.2, 0) is 0 Å². The predicted molar refractivity (Wildman–Crippen MR) is 60.6 cm³/mol. The van der Waals surface area contributed by atoms with Crippen LogP contribution in [0.15, 0.2) is 30.4 Å². The smallest absolute Gasteiger partial charge is 0.128 e. The molecule has 0 heterocycles. The molecule has 2 nitrogen and oxygen atoms in total. The fourth-order valence-electron chi connectivity index (χ4n) is 1.54. The number of aryl methyl sites for hydroxylation is 1. The molecule has 1 aromatic carbocycles. The van der Waals surface area contributed by atoms with Gasteiger partial charge in [-0.05, 0) is 26.3 Å². The number of halogens is 1. The van der Waals surface area contributed by atoms with E-state index < -0.39 is 0 Å². The monoisotopic (exact) mass is 208 g/mol. The molecule has 0 amide bonds. The highest BCUT2D eigenvalue weighted by atomic mass is 19.1. The Kier molecular flexibility index (Phi) is 4.00. The van der Waals surface area contributed by atoms with Crippen LogP contribution < -0.4 is 11.3 Å². The maximum absolute atomic E-state index is 13.5. The van der Waals surface area contributed by atoms with Gasteiger partial charge < -0.3 is 0 Å². The first-order valence-electron chi connectivity index (χ1n) is 4.91. The molecule has 0 aliphatic carbocycles. The van der Waals surface area contributed by atoms with Gasteiger partial charge in [0.2, 0.25) is 0 Å². The number of nitrogens with two attached hydrogens (primary N) is 1. The highest BCUT2D eigenvalue weighted by Crippen LogP contribution is 2.23. The molecular formula is C12H17FN2. The third-order valence-corrected chi connectivity index (χ3v) is 2.28. The largest absolute Gasteiger partial charge is 0.271 e. The minimum Gasteiger partial charge on any atom is -0.271 e. The van der Waals surface area contributed by atoms with Crippen molar-refractivity contribution >= 4 is 0 Å². The molecule has 0 saturated carbocycles. The molecule has 1 atom stereocenters. The van der Waals surface area contributed by atoms with Crippen molar-refractivity contribution in [2.75, 3.05) is 0 Å². The van der Waals surface area contributed by atoms with Crippen LogP contribution in [0.3, 0.4) is 0 Å². The molecule has 0 spiro atoms. The highest BCUT2D eigenvalue weighted by molar-refractivity contribution is 5.27. The molecule has 82 valence electrons. The Balaban J connectivity index is 3.00. The SMILES string of the molecule is C=C(C)CC(NN)c1cc(C)ccc1F. The first-order valence-corrected chi connectivity index (χ1v) is 4.91. The zero-order chi connectivity index (χ0) is 11.4.